The topological polar surface area (TPSA) is 95.3 Å². The molecule has 0 radical (unpaired) electrons. The summed E-state index contributed by atoms with van der Waals surface area (Å²) in [4.78, 5) is 33.5. The number of benzene rings is 1. The molecule has 3 heterocycles. The van der Waals surface area contributed by atoms with Gasteiger partial charge in [0.05, 0.1) is 0 Å². The lowest BCUT2D eigenvalue weighted by atomic mass is 10.2. The molecule has 0 unspecified atom stereocenters. The first-order valence-electron chi connectivity index (χ1n) is 9.18. The second-order valence-electron chi connectivity index (χ2n) is 6.57. The molecule has 1 N–H and O–H groups in total. The predicted octanol–water partition coefficient (Wildman–Crippen LogP) is 2.19. The van der Waals surface area contributed by atoms with E-state index in [4.69, 9.17) is 11.6 Å². The summed E-state index contributed by atoms with van der Waals surface area (Å²) in [5.41, 5.74) is 1.51. The van der Waals surface area contributed by atoms with Gasteiger partial charge in [-0.15, -0.1) is 11.6 Å². The number of phenolic OH excluding ortho intramolecular Hbond substituents is 1. The van der Waals surface area contributed by atoms with Gasteiger partial charge in [-0.1, -0.05) is 12.1 Å². The summed E-state index contributed by atoms with van der Waals surface area (Å²) >= 11 is 5.67. The Labute approximate surface area is 172 Å². The fourth-order valence-electron chi connectivity index (χ4n) is 3.15. The molecule has 9 heteroatoms. The van der Waals surface area contributed by atoms with Crippen LogP contribution in [0, 0.1) is 0 Å². The van der Waals surface area contributed by atoms with Crippen LogP contribution in [-0.4, -0.2) is 67.9 Å². The Morgan fingerprint density at radius 1 is 0.966 bits per heavy atom. The minimum Gasteiger partial charge on any atom is -0.508 e. The zero-order chi connectivity index (χ0) is 20.2. The lowest BCUT2D eigenvalue weighted by Crippen LogP contribution is -2.49. The third-order valence-electron chi connectivity index (χ3n) is 4.70. The van der Waals surface area contributed by atoms with E-state index in [0.717, 1.165) is 5.56 Å². The zero-order valence-corrected chi connectivity index (χ0v) is 16.3. The number of carbonyl (C=O) groups is 1. The van der Waals surface area contributed by atoms with Crippen molar-refractivity contribution in [2.75, 3.05) is 37.0 Å². The van der Waals surface area contributed by atoms with Gasteiger partial charge in [0.25, 0.3) is 0 Å². The summed E-state index contributed by atoms with van der Waals surface area (Å²) in [5.74, 6) is 1.58. The average molecular weight is 411 g/mol. The van der Waals surface area contributed by atoms with Crippen molar-refractivity contribution >= 4 is 23.5 Å². The van der Waals surface area contributed by atoms with Gasteiger partial charge in [0.1, 0.15) is 11.6 Å². The van der Waals surface area contributed by atoms with Gasteiger partial charge in [0, 0.05) is 49.7 Å². The molecule has 8 nitrogen and oxygen atoms in total. The highest BCUT2D eigenvalue weighted by Crippen LogP contribution is 2.25. The number of nitrogens with zero attached hydrogens (tertiary/aromatic N) is 6. The van der Waals surface area contributed by atoms with Crippen molar-refractivity contribution in [3.63, 3.8) is 0 Å². The maximum absolute atomic E-state index is 11.8. The smallest absolute Gasteiger partial charge is 0.237 e. The molecule has 3 aromatic rings. The van der Waals surface area contributed by atoms with Gasteiger partial charge in [0.15, 0.2) is 11.6 Å². The van der Waals surface area contributed by atoms with Crippen LogP contribution < -0.4 is 4.90 Å². The Hall–Kier alpha value is -3.26. The molecule has 0 spiro atoms. The molecule has 1 aromatic carbocycles. The number of piperazine rings is 1. The third kappa shape index (κ3) is 4.27. The third-order valence-corrected chi connectivity index (χ3v) is 4.92. The molecular weight excluding hydrogens is 392 g/mol. The number of amides is 1. The largest absolute Gasteiger partial charge is 0.508 e. The fraction of sp³-hybridized carbons (Fsp3) is 0.250. The summed E-state index contributed by atoms with van der Waals surface area (Å²) in [6.45, 7) is 2.32. The van der Waals surface area contributed by atoms with Crippen LogP contribution in [-0.2, 0) is 4.79 Å². The number of hydrogen-bond donors (Lipinski definition) is 1. The van der Waals surface area contributed by atoms with Gasteiger partial charge in [-0.05, 0) is 24.3 Å². The molecule has 1 aliphatic heterocycles. The second kappa shape index (κ2) is 8.40. The first-order valence-corrected chi connectivity index (χ1v) is 9.72. The van der Waals surface area contributed by atoms with E-state index in [2.05, 4.69) is 19.9 Å². The van der Waals surface area contributed by atoms with E-state index in [1.165, 1.54) is 0 Å². The van der Waals surface area contributed by atoms with Crippen LogP contribution in [0.25, 0.3) is 22.8 Å². The van der Waals surface area contributed by atoms with Gasteiger partial charge in [-0.3, -0.25) is 9.78 Å². The molecule has 2 aromatic heterocycles. The molecule has 0 atom stereocenters. The van der Waals surface area contributed by atoms with E-state index in [1.807, 2.05) is 23.1 Å². The minimum absolute atomic E-state index is 0.0143. The monoisotopic (exact) mass is 410 g/mol. The Morgan fingerprint density at radius 3 is 2.31 bits per heavy atom. The maximum Gasteiger partial charge on any atom is 0.237 e. The van der Waals surface area contributed by atoms with E-state index in [0.29, 0.717) is 49.3 Å². The zero-order valence-electron chi connectivity index (χ0n) is 15.6. The van der Waals surface area contributed by atoms with E-state index in [1.54, 1.807) is 35.5 Å². The Bertz CT molecular complexity index is 1010. The summed E-state index contributed by atoms with van der Waals surface area (Å²) < 4.78 is 0. The fourth-order valence-corrected chi connectivity index (χ4v) is 3.32. The molecule has 1 amide bonds. The van der Waals surface area contributed by atoms with Crippen molar-refractivity contribution in [2.45, 2.75) is 0 Å². The van der Waals surface area contributed by atoms with Crippen molar-refractivity contribution in [2.24, 2.45) is 0 Å². The Balaban J connectivity index is 1.70. The number of aromatic hydroxyl groups is 1. The lowest BCUT2D eigenvalue weighted by molar-refractivity contribution is -0.128. The van der Waals surface area contributed by atoms with Crippen LogP contribution in [0.3, 0.4) is 0 Å². The molecule has 29 heavy (non-hydrogen) atoms. The van der Waals surface area contributed by atoms with Gasteiger partial charge < -0.3 is 14.9 Å². The number of phenols is 1. The standard InChI is InChI=1S/C20H19ClN6O2/c21-13-17(29)26-8-10-27(11-9-26)20-24-18(14-4-6-22-7-5-14)23-19(25-20)15-2-1-3-16(28)12-15/h1-7,12,28H,8-11,13H2. The van der Waals surface area contributed by atoms with Crippen LogP contribution in [0.5, 0.6) is 5.75 Å². The average Bonchev–Trinajstić information content (AvgIpc) is 2.79. The summed E-state index contributed by atoms with van der Waals surface area (Å²) in [6, 6.07) is 10.5. The molecular formula is C20H19ClN6O2. The molecule has 4 rings (SSSR count). The first-order chi connectivity index (χ1) is 14.1. The molecule has 1 aliphatic rings. The number of hydrogen-bond acceptors (Lipinski definition) is 7. The number of carbonyl (C=O) groups excluding carboxylic acids is 1. The van der Waals surface area contributed by atoms with Crippen molar-refractivity contribution in [1.29, 1.82) is 0 Å². The number of halogens is 1. The van der Waals surface area contributed by atoms with Crippen LogP contribution >= 0.6 is 11.6 Å². The van der Waals surface area contributed by atoms with Crippen LogP contribution in [0.2, 0.25) is 0 Å². The summed E-state index contributed by atoms with van der Waals surface area (Å²) in [5, 5.41) is 9.85. The van der Waals surface area contributed by atoms with Crippen LogP contribution in [0.1, 0.15) is 0 Å². The minimum atomic E-state index is -0.0695. The molecule has 0 aliphatic carbocycles. The van der Waals surface area contributed by atoms with Gasteiger partial charge in [0.2, 0.25) is 11.9 Å². The van der Waals surface area contributed by atoms with Crippen LogP contribution in [0.4, 0.5) is 5.95 Å². The normalized spacial score (nSPS) is 14.1. The maximum atomic E-state index is 11.8. The summed E-state index contributed by atoms with van der Waals surface area (Å²) in [7, 11) is 0. The van der Waals surface area contributed by atoms with Gasteiger partial charge >= 0.3 is 0 Å². The van der Waals surface area contributed by atoms with E-state index < -0.39 is 0 Å². The quantitative estimate of drug-likeness (QED) is 0.658. The molecule has 0 bridgehead atoms. The molecule has 1 saturated heterocycles. The second-order valence-corrected chi connectivity index (χ2v) is 6.84. The number of pyridine rings is 1. The molecule has 148 valence electrons. The highest BCUT2D eigenvalue weighted by Gasteiger charge is 2.23. The predicted molar refractivity (Wildman–Crippen MR) is 110 cm³/mol. The van der Waals surface area contributed by atoms with E-state index in [-0.39, 0.29) is 17.5 Å². The van der Waals surface area contributed by atoms with Crippen molar-refractivity contribution in [3.05, 3.63) is 48.8 Å². The lowest BCUT2D eigenvalue weighted by Gasteiger charge is -2.34. The number of rotatable bonds is 4. The van der Waals surface area contributed by atoms with Gasteiger partial charge in [-0.25, -0.2) is 4.98 Å². The number of aromatic nitrogens is 4. The van der Waals surface area contributed by atoms with Crippen LogP contribution in [0.15, 0.2) is 48.8 Å². The van der Waals surface area contributed by atoms with E-state index >= 15 is 0 Å². The molecule has 0 saturated carbocycles. The first kappa shape index (κ1) is 19.1. The summed E-state index contributed by atoms with van der Waals surface area (Å²) in [6.07, 6.45) is 3.37. The highest BCUT2D eigenvalue weighted by atomic mass is 35.5. The Morgan fingerprint density at radius 2 is 1.66 bits per heavy atom. The highest BCUT2D eigenvalue weighted by molar-refractivity contribution is 6.27. The van der Waals surface area contributed by atoms with Gasteiger partial charge in [-0.2, -0.15) is 9.97 Å². The molecule has 1 fully saturated rings. The van der Waals surface area contributed by atoms with E-state index in [9.17, 15) is 9.90 Å². The van der Waals surface area contributed by atoms with Crippen molar-refractivity contribution < 1.29 is 9.90 Å². The Kier molecular flexibility index (Phi) is 5.53. The number of anilines is 1. The van der Waals surface area contributed by atoms with Crippen molar-refractivity contribution in [1.82, 2.24) is 24.8 Å². The SMILES string of the molecule is O=C(CCl)N1CCN(c2nc(-c3ccncc3)nc(-c3cccc(O)c3)n2)CC1. The number of alkyl halides is 1. The van der Waals surface area contributed by atoms with Crippen molar-refractivity contribution in [3.8, 4) is 28.5 Å².